The van der Waals surface area contributed by atoms with Crippen molar-refractivity contribution in [1.29, 1.82) is 5.26 Å². The van der Waals surface area contributed by atoms with Gasteiger partial charge in [0.1, 0.15) is 22.4 Å². The van der Waals surface area contributed by atoms with Crippen molar-refractivity contribution in [3.8, 4) is 11.8 Å². The Balaban J connectivity index is 2.04. The van der Waals surface area contributed by atoms with Crippen LogP contribution in [-0.4, -0.2) is 24.2 Å². The van der Waals surface area contributed by atoms with Crippen LogP contribution in [0.1, 0.15) is 16.7 Å². The number of hydrogen-bond acceptors (Lipinski definition) is 5. The van der Waals surface area contributed by atoms with Crippen LogP contribution in [0.15, 0.2) is 53.1 Å². The summed E-state index contributed by atoms with van der Waals surface area (Å²) in [5, 5.41) is 9.25. The molecule has 2 amide bonds. The third-order valence-corrected chi connectivity index (χ3v) is 6.09. The monoisotopic (exact) mass is 407 g/mol. The Bertz CT molecular complexity index is 1060. The number of hydrogen-bond donors (Lipinski definition) is 1. The van der Waals surface area contributed by atoms with Crippen molar-refractivity contribution in [3.05, 3.63) is 69.8 Å². The number of anilines is 1. The Morgan fingerprint density at radius 3 is 2.62 bits per heavy atom. The van der Waals surface area contributed by atoms with Gasteiger partial charge in [-0.25, -0.2) is 0 Å². The second-order valence-corrected chi connectivity index (χ2v) is 7.95. The first-order chi connectivity index (χ1) is 13.8. The Kier molecular flexibility index (Phi) is 5.95. The van der Waals surface area contributed by atoms with Gasteiger partial charge < -0.3 is 10.5 Å². The molecule has 1 aliphatic rings. The highest BCUT2D eigenvalue weighted by atomic mass is 32.2. The number of amides is 2. The van der Waals surface area contributed by atoms with Crippen LogP contribution >= 0.6 is 11.8 Å². The third-order valence-electron chi connectivity index (χ3n) is 4.83. The molecule has 1 heterocycles. The second kappa shape index (κ2) is 8.41. The Morgan fingerprint density at radius 2 is 2.00 bits per heavy atom. The molecule has 0 radical (unpaired) electrons. The summed E-state index contributed by atoms with van der Waals surface area (Å²) in [7, 11) is 1.53. The number of carbonyl (C=O) groups excluding carboxylic acids is 2. The summed E-state index contributed by atoms with van der Waals surface area (Å²) in [6.07, 6.45) is 0.478. The lowest BCUT2D eigenvalue weighted by Gasteiger charge is -2.19. The number of nitrogens with two attached hydrogens (primary N) is 1. The lowest BCUT2D eigenvalue weighted by molar-refractivity contribution is -0.117. The van der Waals surface area contributed by atoms with Gasteiger partial charge in [-0.05, 0) is 49.1 Å². The predicted molar refractivity (Wildman–Crippen MR) is 113 cm³/mol. The van der Waals surface area contributed by atoms with Crippen LogP contribution in [-0.2, 0) is 16.0 Å². The van der Waals surface area contributed by atoms with Crippen molar-refractivity contribution in [2.45, 2.75) is 25.5 Å². The highest BCUT2D eigenvalue weighted by molar-refractivity contribution is 8.05. The van der Waals surface area contributed by atoms with Gasteiger partial charge in [0, 0.05) is 6.07 Å². The van der Waals surface area contributed by atoms with Crippen molar-refractivity contribution in [1.82, 2.24) is 0 Å². The Hall–Kier alpha value is -3.24. The van der Waals surface area contributed by atoms with Crippen molar-refractivity contribution in [2.24, 2.45) is 5.73 Å². The molecule has 1 atom stereocenters. The standard InChI is InChI=1S/C22H21N3O3S/c1-13-7-8-15(9-14(13)2)10-19-21(27)25(16-5-4-6-17(11-16)28-3)22(29-19)18(12-23)20(24)26/h4-9,11,19H,10H2,1-3H3,(H2,24,26)/b22-18-/t19-/m1/s1. The van der Waals surface area contributed by atoms with Gasteiger partial charge in [-0.3, -0.25) is 14.5 Å². The van der Waals surface area contributed by atoms with E-state index in [9.17, 15) is 14.9 Å². The van der Waals surface area contributed by atoms with Gasteiger partial charge in [-0.1, -0.05) is 36.0 Å². The molecule has 0 saturated carbocycles. The van der Waals surface area contributed by atoms with Crippen molar-refractivity contribution >= 4 is 29.3 Å². The molecule has 1 aliphatic heterocycles. The maximum absolute atomic E-state index is 13.3. The maximum Gasteiger partial charge on any atom is 0.262 e. The lowest BCUT2D eigenvalue weighted by Crippen LogP contribution is -2.31. The molecular formula is C22H21N3O3S. The van der Waals surface area contributed by atoms with Crippen LogP contribution in [0.4, 0.5) is 5.69 Å². The molecule has 2 aromatic rings. The number of thioether (sulfide) groups is 1. The highest BCUT2D eigenvalue weighted by Crippen LogP contribution is 2.42. The molecule has 0 unspecified atom stereocenters. The van der Waals surface area contributed by atoms with Crippen LogP contribution in [0.2, 0.25) is 0 Å². The second-order valence-electron chi connectivity index (χ2n) is 6.76. The fourth-order valence-electron chi connectivity index (χ4n) is 3.13. The molecule has 0 spiro atoms. The van der Waals surface area contributed by atoms with Crippen molar-refractivity contribution in [3.63, 3.8) is 0 Å². The minimum Gasteiger partial charge on any atom is -0.497 e. The largest absolute Gasteiger partial charge is 0.497 e. The van der Waals surface area contributed by atoms with Gasteiger partial charge in [-0.2, -0.15) is 5.26 Å². The number of methoxy groups -OCH3 is 1. The quantitative estimate of drug-likeness (QED) is 0.606. The van der Waals surface area contributed by atoms with E-state index in [0.29, 0.717) is 17.9 Å². The first-order valence-electron chi connectivity index (χ1n) is 9.00. The average molecular weight is 407 g/mol. The number of nitriles is 1. The van der Waals surface area contributed by atoms with Crippen molar-refractivity contribution in [2.75, 3.05) is 12.0 Å². The summed E-state index contributed by atoms with van der Waals surface area (Å²) in [5.41, 5.74) is 9.04. The minimum absolute atomic E-state index is 0.203. The number of nitrogens with zero attached hydrogens (tertiary/aromatic N) is 2. The van der Waals surface area contributed by atoms with E-state index in [4.69, 9.17) is 10.5 Å². The maximum atomic E-state index is 13.3. The summed E-state index contributed by atoms with van der Waals surface area (Å²) in [6, 6.07) is 14.8. The summed E-state index contributed by atoms with van der Waals surface area (Å²) in [6.45, 7) is 4.06. The van der Waals surface area contributed by atoms with Crippen LogP contribution in [0.5, 0.6) is 5.75 Å². The molecule has 1 saturated heterocycles. The zero-order valence-corrected chi connectivity index (χ0v) is 17.2. The molecule has 29 heavy (non-hydrogen) atoms. The molecule has 1 fully saturated rings. The summed E-state index contributed by atoms with van der Waals surface area (Å²) in [4.78, 5) is 26.5. The molecule has 148 valence electrons. The zero-order chi connectivity index (χ0) is 21.1. The smallest absolute Gasteiger partial charge is 0.262 e. The summed E-state index contributed by atoms with van der Waals surface area (Å²) < 4.78 is 5.25. The average Bonchev–Trinajstić information content (AvgIpc) is 3.01. The Morgan fingerprint density at radius 1 is 1.24 bits per heavy atom. The molecule has 3 rings (SSSR count). The fourth-order valence-corrected chi connectivity index (χ4v) is 4.44. The normalized spacial score (nSPS) is 17.8. The molecule has 2 N–H and O–H groups in total. The van der Waals surface area contributed by atoms with Gasteiger partial charge in [0.2, 0.25) is 5.91 Å². The van der Waals surface area contributed by atoms with E-state index in [1.165, 1.54) is 29.3 Å². The summed E-state index contributed by atoms with van der Waals surface area (Å²) >= 11 is 1.19. The Labute approximate surface area is 173 Å². The fraction of sp³-hybridized carbons (Fsp3) is 0.227. The van der Waals surface area contributed by atoms with E-state index in [0.717, 1.165) is 11.1 Å². The number of primary amides is 1. The zero-order valence-electron chi connectivity index (χ0n) is 16.4. The highest BCUT2D eigenvalue weighted by Gasteiger charge is 2.40. The minimum atomic E-state index is -0.859. The lowest BCUT2D eigenvalue weighted by atomic mass is 10.0. The SMILES string of the molecule is COc1cccc(N2C(=O)[C@@H](Cc3ccc(C)c(C)c3)S/C2=C(/C#N)C(N)=O)c1. The van der Waals surface area contributed by atoms with Gasteiger partial charge in [0.25, 0.3) is 5.91 Å². The van der Waals surface area contributed by atoms with E-state index in [-0.39, 0.29) is 16.5 Å². The molecule has 6 nitrogen and oxygen atoms in total. The van der Waals surface area contributed by atoms with Crippen molar-refractivity contribution < 1.29 is 14.3 Å². The topological polar surface area (TPSA) is 96.4 Å². The third kappa shape index (κ3) is 4.13. The van der Waals surface area contributed by atoms with E-state index in [1.807, 2.05) is 32.0 Å². The van der Waals surface area contributed by atoms with Crippen LogP contribution in [0, 0.1) is 25.2 Å². The number of carbonyl (C=O) groups is 2. The van der Waals surface area contributed by atoms with Gasteiger partial charge >= 0.3 is 0 Å². The van der Waals surface area contributed by atoms with Crippen LogP contribution < -0.4 is 15.4 Å². The molecular weight excluding hydrogens is 386 g/mol. The molecule has 0 aliphatic carbocycles. The molecule has 7 heteroatoms. The number of ether oxygens (including phenoxy) is 1. The number of benzene rings is 2. The van der Waals surface area contributed by atoms with Gasteiger partial charge in [-0.15, -0.1) is 0 Å². The molecule has 0 bridgehead atoms. The van der Waals surface area contributed by atoms with Crippen LogP contribution in [0.25, 0.3) is 0 Å². The van der Waals surface area contributed by atoms with E-state index in [1.54, 1.807) is 24.3 Å². The van der Waals surface area contributed by atoms with Crippen LogP contribution in [0.3, 0.4) is 0 Å². The number of rotatable bonds is 5. The predicted octanol–water partition coefficient (Wildman–Crippen LogP) is 3.22. The first kappa shape index (κ1) is 20.5. The summed E-state index contributed by atoms with van der Waals surface area (Å²) in [5.74, 6) is -0.497. The van der Waals surface area contributed by atoms with E-state index < -0.39 is 11.2 Å². The molecule has 0 aromatic heterocycles. The van der Waals surface area contributed by atoms with E-state index >= 15 is 0 Å². The van der Waals surface area contributed by atoms with Gasteiger partial charge in [0.05, 0.1) is 18.0 Å². The van der Waals surface area contributed by atoms with Gasteiger partial charge in [0.15, 0.2) is 0 Å². The first-order valence-corrected chi connectivity index (χ1v) is 9.88. The number of aryl methyl sites for hydroxylation is 2. The van der Waals surface area contributed by atoms with E-state index in [2.05, 4.69) is 6.07 Å². The molecule has 2 aromatic carbocycles.